The molecule has 0 spiro atoms. The summed E-state index contributed by atoms with van der Waals surface area (Å²) >= 11 is 1.17. The highest BCUT2D eigenvalue weighted by Crippen LogP contribution is 2.27. The maximum atomic E-state index is 11.4. The van der Waals surface area contributed by atoms with Crippen LogP contribution in [0, 0.1) is 0 Å². The van der Waals surface area contributed by atoms with Gasteiger partial charge in [-0.3, -0.25) is 10.1 Å². The van der Waals surface area contributed by atoms with Gasteiger partial charge in [0.05, 0.1) is 5.75 Å². The summed E-state index contributed by atoms with van der Waals surface area (Å²) in [6.45, 7) is 3.61. The van der Waals surface area contributed by atoms with Crippen LogP contribution in [0.5, 0.6) is 5.75 Å². The Balaban J connectivity index is 2.38. The molecule has 1 aromatic rings. The first kappa shape index (κ1) is 14.4. The van der Waals surface area contributed by atoms with Crippen molar-refractivity contribution in [3.8, 4) is 5.75 Å². The molecule has 0 bridgehead atoms. The van der Waals surface area contributed by atoms with E-state index < -0.39 is 11.9 Å². The zero-order valence-electron chi connectivity index (χ0n) is 10.3. The van der Waals surface area contributed by atoms with Crippen LogP contribution in [0.4, 0.5) is 4.79 Å². The number of aromatic hydroxyl groups is 1. The molecule has 0 aliphatic carbocycles. The van der Waals surface area contributed by atoms with Gasteiger partial charge in [-0.25, -0.2) is 4.79 Å². The molecule has 0 fully saturated rings. The quantitative estimate of drug-likeness (QED) is 0.726. The number of benzene rings is 1. The predicted octanol–water partition coefficient (Wildman–Crippen LogP) is 1.72. The van der Waals surface area contributed by atoms with Crippen LogP contribution in [0.2, 0.25) is 0 Å². The fourth-order valence-corrected chi connectivity index (χ4v) is 1.93. The van der Waals surface area contributed by atoms with Gasteiger partial charge < -0.3 is 10.4 Å². The first-order valence-corrected chi connectivity index (χ1v) is 6.48. The number of nitrogens with one attached hydrogen (secondary N) is 2. The van der Waals surface area contributed by atoms with Crippen LogP contribution < -0.4 is 10.6 Å². The molecule has 18 heavy (non-hydrogen) atoms. The second kappa shape index (κ2) is 6.90. The summed E-state index contributed by atoms with van der Waals surface area (Å²) in [5, 5.41) is 14.3. The van der Waals surface area contributed by atoms with E-state index in [0.717, 1.165) is 0 Å². The Hall–Kier alpha value is -1.69. The summed E-state index contributed by atoms with van der Waals surface area (Å²) < 4.78 is 0. The summed E-state index contributed by atoms with van der Waals surface area (Å²) in [5.41, 5.74) is 0. The minimum atomic E-state index is -0.507. The third-order valence-electron chi connectivity index (χ3n) is 1.90. The molecule has 1 aromatic carbocycles. The summed E-state index contributed by atoms with van der Waals surface area (Å²) in [6.07, 6.45) is 0. The molecular formula is C12H16N2O3S. The maximum absolute atomic E-state index is 11.4. The topological polar surface area (TPSA) is 78.4 Å². The number of phenols is 1. The zero-order chi connectivity index (χ0) is 13.5. The first-order valence-electron chi connectivity index (χ1n) is 5.50. The highest BCUT2D eigenvalue weighted by molar-refractivity contribution is 8.00. The number of thioether (sulfide) groups is 1. The van der Waals surface area contributed by atoms with E-state index in [0.29, 0.717) is 4.90 Å². The van der Waals surface area contributed by atoms with Crippen LogP contribution in [0.1, 0.15) is 13.8 Å². The van der Waals surface area contributed by atoms with E-state index in [1.165, 1.54) is 11.8 Å². The Morgan fingerprint density at radius 1 is 1.33 bits per heavy atom. The molecule has 0 saturated heterocycles. The zero-order valence-corrected chi connectivity index (χ0v) is 11.1. The summed E-state index contributed by atoms with van der Waals surface area (Å²) in [6, 6.07) is 6.20. The molecule has 0 heterocycles. The van der Waals surface area contributed by atoms with E-state index in [1.807, 2.05) is 0 Å². The fraction of sp³-hybridized carbons (Fsp3) is 0.333. The average Bonchev–Trinajstić information content (AvgIpc) is 2.26. The highest BCUT2D eigenvalue weighted by Gasteiger charge is 2.10. The number of urea groups is 1. The molecule has 0 aromatic heterocycles. The molecular weight excluding hydrogens is 252 g/mol. The van der Waals surface area contributed by atoms with Gasteiger partial charge in [0.1, 0.15) is 5.75 Å². The van der Waals surface area contributed by atoms with Gasteiger partial charge in [-0.15, -0.1) is 11.8 Å². The van der Waals surface area contributed by atoms with Crippen molar-refractivity contribution in [3.63, 3.8) is 0 Å². The number of hydrogen-bond donors (Lipinski definition) is 3. The lowest BCUT2D eigenvalue weighted by Crippen LogP contribution is -2.43. The first-order chi connectivity index (χ1) is 8.49. The normalized spacial score (nSPS) is 10.2. The maximum Gasteiger partial charge on any atom is 0.321 e. The average molecular weight is 268 g/mol. The number of carbonyl (C=O) groups is 2. The number of para-hydroxylation sites is 1. The Morgan fingerprint density at radius 2 is 2.00 bits per heavy atom. The summed E-state index contributed by atoms with van der Waals surface area (Å²) in [7, 11) is 0. The SMILES string of the molecule is CC(C)NC(=O)NC(=O)CSc1ccccc1O. The summed E-state index contributed by atoms with van der Waals surface area (Å²) in [4.78, 5) is 23.3. The van der Waals surface area contributed by atoms with Crippen molar-refractivity contribution in [3.05, 3.63) is 24.3 Å². The Bertz CT molecular complexity index is 435. The van der Waals surface area contributed by atoms with Gasteiger partial charge in [0, 0.05) is 10.9 Å². The van der Waals surface area contributed by atoms with Gasteiger partial charge in [-0.2, -0.15) is 0 Å². The molecule has 3 N–H and O–H groups in total. The molecule has 6 heteroatoms. The lowest BCUT2D eigenvalue weighted by molar-refractivity contribution is -0.117. The third kappa shape index (κ3) is 5.09. The van der Waals surface area contributed by atoms with Crippen molar-refractivity contribution in [2.24, 2.45) is 0 Å². The molecule has 0 saturated carbocycles. The molecule has 0 radical (unpaired) electrons. The highest BCUT2D eigenvalue weighted by atomic mass is 32.2. The van der Waals surface area contributed by atoms with E-state index >= 15 is 0 Å². The third-order valence-corrected chi connectivity index (χ3v) is 2.96. The van der Waals surface area contributed by atoms with E-state index in [4.69, 9.17) is 0 Å². The van der Waals surface area contributed by atoms with Crippen LogP contribution in [0.3, 0.4) is 0 Å². The predicted molar refractivity (Wildman–Crippen MR) is 70.6 cm³/mol. The lowest BCUT2D eigenvalue weighted by atomic mass is 10.3. The van der Waals surface area contributed by atoms with Gasteiger partial charge in [-0.05, 0) is 26.0 Å². The van der Waals surface area contributed by atoms with E-state index in [2.05, 4.69) is 10.6 Å². The molecule has 98 valence electrons. The molecule has 1 rings (SSSR count). The number of carbonyl (C=O) groups excluding carboxylic acids is 2. The van der Waals surface area contributed by atoms with Crippen molar-refractivity contribution in [2.45, 2.75) is 24.8 Å². The second-order valence-electron chi connectivity index (χ2n) is 3.93. The molecule has 0 aliphatic rings. The number of rotatable bonds is 4. The smallest absolute Gasteiger partial charge is 0.321 e. The standard InChI is InChI=1S/C12H16N2O3S/c1-8(2)13-12(17)14-11(16)7-18-10-6-4-3-5-9(10)15/h3-6,8,15H,7H2,1-2H3,(H2,13,14,16,17). The second-order valence-corrected chi connectivity index (χ2v) is 4.95. The van der Waals surface area contributed by atoms with Gasteiger partial charge in [0.15, 0.2) is 0 Å². The van der Waals surface area contributed by atoms with Crippen LogP contribution >= 0.6 is 11.8 Å². The van der Waals surface area contributed by atoms with Crippen molar-refractivity contribution >= 4 is 23.7 Å². The molecule has 0 aliphatic heterocycles. The van der Waals surface area contributed by atoms with Crippen molar-refractivity contribution in [2.75, 3.05) is 5.75 Å². The van der Waals surface area contributed by atoms with Crippen LogP contribution in [-0.2, 0) is 4.79 Å². The van der Waals surface area contributed by atoms with Gasteiger partial charge in [-0.1, -0.05) is 12.1 Å². The van der Waals surface area contributed by atoms with E-state index in [-0.39, 0.29) is 17.5 Å². The Morgan fingerprint density at radius 3 is 2.61 bits per heavy atom. The molecule has 3 amide bonds. The van der Waals surface area contributed by atoms with Gasteiger partial charge >= 0.3 is 6.03 Å². The number of hydrogen-bond acceptors (Lipinski definition) is 4. The minimum Gasteiger partial charge on any atom is -0.507 e. The van der Waals surface area contributed by atoms with E-state index in [1.54, 1.807) is 38.1 Å². The Kier molecular flexibility index (Phi) is 5.51. The van der Waals surface area contributed by atoms with Crippen LogP contribution in [-0.4, -0.2) is 28.8 Å². The number of amides is 3. The van der Waals surface area contributed by atoms with Crippen molar-refractivity contribution in [1.82, 2.24) is 10.6 Å². The van der Waals surface area contributed by atoms with Crippen LogP contribution in [0.25, 0.3) is 0 Å². The van der Waals surface area contributed by atoms with Crippen molar-refractivity contribution in [1.29, 1.82) is 0 Å². The fourth-order valence-electron chi connectivity index (χ4n) is 1.18. The molecule has 5 nitrogen and oxygen atoms in total. The lowest BCUT2D eigenvalue weighted by Gasteiger charge is -2.09. The largest absolute Gasteiger partial charge is 0.507 e. The van der Waals surface area contributed by atoms with E-state index in [9.17, 15) is 14.7 Å². The Labute approximate surface area is 110 Å². The summed E-state index contributed by atoms with van der Waals surface area (Å²) in [5.74, 6) is -0.202. The molecule has 0 unspecified atom stereocenters. The van der Waals surface area contributed by atoms with Crippen molar-refractivity contribution < 1.29 is 14.7 Å². The monoisotopic (exact) mass is 268 g/mol. The molecule has 0 atom stereocenters. The van der Waals surface area contributed by atoms with Gasteiger partial charge in [0.25, 0.3) is 0 Å². The van der Waals surface area contributed by atoms with Gasteiger partial charge in [0.2, 0.25) is 5.91 Å². The minimum absolute atomic E-state index is 0.0244. The van der Waals surface area contributed by atoms with Crippen LogP contribution in [0.15, 0.2) is 29.2 Å². The number of imide groups is 1. The number of phenolic OH excluding ortho intramolecular Hbond substituents is 1.